The molecule has 166 valence electrons. The molecule has 32 heavy (non-hydrogen) atoms. The number of carboxylic acids is 4. The lowest BCUT2D eigenvalue weighted by Crippen LogP contribution is -2.64. The Morgan fingerprint density at radius 3 is 0.938 bits per heavy atom. The number of hydrogen-bond donors (Lipinski definition) is 4. The van der Waals surface area contributed by atoms with Crippen LogP contribution in [0.2, 0.25) is 0 Å². The summed E-state index contributed by atoms with van der Waals surface area (Å²) < 4.78 is 0. The van der Waals surface area contributed by atoms with Gasteiger partial charge in [0.2, 0.25) is 0 Å². The van der Waals surface area contributed by atoms with E-state index in [-0.39, 0.29) is 0 Å². The van der Waals surface area contributed by atoms with Gasteiger partial charge in [0.15, 0.2) is 0 Å². The van der Waals surface area contributed by atoms with Gasteiger partial charge < -0.3 is 20.4 Å². The third-order valence-corrected chi connectivity index (χ3v) is 7.16. The standard InChI is InChI=1S/C24H22O8/c25-21(26)17-15-13(11-7-3-1-4-8-11)14(12-9-5-2-6-10-12)16(19(17)23(29)30)20(24(31)32)18(15)22(27)28/h1-10,13-20H,(H,25,26)(H,27,28)(H,29,30)(H,31,32). The topological polar surface area (TPSA) is 149 Å². The fraction of sp³-hybridized carbons (Fsp3) is 0.333. The number of carbonyl (C=O) groups is 4. The van der Waals surface area contributed by atoms with E-state index in [1.165, 1.54) is 0 Å². The van der Waals surface area contributed by atoms with Crippen molar-refractivity contribution in [1.82, 2.24) is 0 Å². The number of benzene rings is 2. The molecule has 3 saturated carbocycles. The second kappa shape index (κ2) is 8.11. The van der Waals surface area contributed by atoms with Crippen LogP contribution >= 0.6 is 0 Å². The second-order valence-corrected chi connectivity index (χ2v) is 8.48. The molecule has 0 heterocycles. The van der Waals surface area contributed by atoms with Gasteiger partial charge >= 0.3 is 23.9 Å². The SMILES string of the molecule is O=C(O)C1C(C(=O)O)C2C(C(=O)O)C(C(=O)O)C1C(c1ccccc1)C2c1ccccc1. The van der Waals surface area contributed by atoms with Crippen molar-refractivity contribution in [2.24, 2.45) is 35.5 Å². The molecule has 6 unspecified atom stereocenters. The molecule has 6 atom stereocenters. The van der Waals surface area contributed by atoms with Crippen LogP contribution in [0.1, 0.15) is 23.0 Å². The Morgan fingerprint density at radius 2 is 0.719 bits per heavy atom. The maximum atomic E-state index is 12.3. The second-order valence-electron chi connectivity index (χ2n) is 8.48. The van der Waals surface area contributed by atoms with Crippen molar-refractivity contribution in [2.45, 2.75) is 11.8 Å². The van der Waals surface area contributed by atoms with E-state index in [0.29, 0.717) is 11.1 Å². The van der Waals surface area contributed by atoms with Crippen molar-refractivity contribution in [3.63, 3.8) is 0 Å². The molecular formula is C24H22O8. The van der Waals surface area contributed by atoms with Gasteiger partial charge in [-0.15, -0.1) is 0 Å². The average Bonchev–Trinajstić information content (AvgIpc) is 2.77. The predicted molar refractivity (Wildman–Crippen MR) is 110 cm³/mol. The minimum absolute atomic E-state index is 0.668. The highest BCUT2D eigenvalue weighted by atomic mass is 16.4. The van der Waals surface area contributed by atoms with E-state index in [2.05, 4.69) is 0 Å². The molecule has 0 radical (unpaired) electrons. The summed E-state index contributed by atoms with van der Waals surface area (Å²) in [5.41, 5.74) is 1.34. The Labute approximate surface area is 183 Å². The predicted octanol–water partition coefficient (Wildman–Crippen LogP) is 2.62. The lowest BCUT2D eigenvalue weighted by molar-refractivity contribution is -0.195. The van der Waals surface area contributed by atoms with Crippen molar-refractivity contribution in [2.75, 3.05) is 0 Å². The fourth-order valence-electron chi connectivity index (χ4n) is 6.26. The van der Waals surface area contributed by atoms with Crippen molar-refractivity contribution < 1.29 is 39.6 Å². The minimum atomic E-state index is -1.53. The Bertz CT molecular complexity index is 925. The molecule has 2 aromatic rings. The van der Waals surface area contributed by atoms with Crippen LogP contribution in [0.4, 0.5) is 0 Å². The first kappa shape index (κ1) is 21.5. The van der Waals surface area contributed by atoms with Gasteiger partial charge in [-0.3, -0.25) is 19.2 Å². The highest BCUT2D eigenvalue weighted by Crippen LogP contribution is 2.66. The van der Waals surface area contributed by atoms with Gasteiger partial charge in [0.05, 0.1) is 23.7 Å². The number of fused-ring (bicyclic) bond motifs is 3. The van der Waals surface area contributed by atoms with Gasteiger partial charge in [-0.05, 0) is 34.8 Å². The number of aliphatic carboxylic acids is 4. The summed E-state index contributed by atoms with van der Waals surface area (Å²) in [6, 6.07) is 17.5. The monoisotopic (exact) mass is 438 g/mol. The van der Waals surface area contributed by atoms with Gasteiger partial charge in [-0.2, -0.15) is 0 Å². The smallest absolute Gasteiger partial charge is 0.307 e. The molecule has 3 aliphatic rings. The molecule has 8 nitrogen and oxygen atoms in total. The molecule has 3 fully saturated rings. The molecule has 0 aromatic heterocycles. The Morgan fingerprint density at radius 1 is 0.469 bits per heavy atom. The van der Waals surface area contributed by atoms with Crippen molar-refractivity contribution in [3.8, 4) is 0 Å². The highest BCUT2D eigenvalue weighted by Gasteiger charge is 2.69. The zero-order valence-electron chi connectivity index (χ0n) is 16.8. The molecule has 5 rings (SSSR count). The van der Waals surface area contributed by atoms with E-state index >= 15 is 0 Å². The van der Waals surface area contributed by atoms with Crippen molar-refractivity contribution in [3.05, 3.63) is 71.8 Å². The average molecular weight is 438 g/mol. The summed E-state index contributed by atoms with van der Waals surface area (Å²) in [6.45, 7) is 0. The van der Waals surface area contributed by atoms with Gasteiger partial charge in [0.1, 0.15) is 0 Å². The quantitative estimate of drug-likeness (QED) is 0.538. The summed E-state index contributed by atoms with van der Waals surface area (Å²) in [6.07, 6.45) is 0. The van der Waals surface area contributed by atoms with Crippen LogP contribution < -0.4 is 0 Å². The molecule has 2 aromatic carbocycles. The van der Waals surface area contributed by atoms with Crippen molar-refractivity contribution in [1.29, 1.82) is 0 Å². The maximum absolute atomic E-state index is 12.3. The summed E-state index contributed by atoms with van der Waals surface area (Å²) in [4.78, 5) is 49.3. The third kappa shape index (κ3) is 3.23. The zero-order chi connectivity index (χ0) is 23.2. The van der Waals surface area contributed by atoms with E-state index in [1.54, 1.807) is 60.7 Å². The first-order chi connectivity index (χ1) is 15.3. The first-order valence-corrected chi connectivity index (χ1v) is 10.3. The molecule has 4 N–H and O–H groups in total. The molecule has 2 bridgehead atoms. The minimum Gasteiger partial charge on any atom is -0.481 e. The van der Waals surface area contributed by atoms with Crippen LogP contribution in [-0.2, 0) is 19.2 Å². The molecule has 0 saturated heterocycles. The number of hydrogen-bond acceptors (Lipinski definition) is 4. The van der Waals surface area contributed by atoms with E-state index < -0.39 is 71.2 Å². The Kier molecular flexibility index (Phi) is 5.46. The summed E-state index contributed by atoms with van der Waals surface area (Å²) in [5, 5.41) is 40.1. The fourth-order valence-corrected chi connectivity index (χ4v) is 6.26. The van der Waals surface area contributed by atoms with Crippen LogP contribution in [0.25, 0.3) is 0 Å². The van der Waals surface area contributed by atoms with E-state index in [0.717, 1.165) is 0 Å². The summed E-state index contributed by atoms with van der Waals surface area (Å²) in [7, 11) is 0. The molecule has 3 aliphatic carbocycles. The largest absolute Gasteiger partial charge is 0.481 e. The number of carboxylic acid groups (broad SMARTS) is 4. The Balaban J connectivity index is 2.05. The summed E-state index contributed by atoms with van der Waals surface area (Å²) in [5.74, 6) is -15.6. The maximum Gasteiger partial charge on any atom is 0.307 e. The van der Waals surface area contributed by atoms with E-state index in [1.807, 2.05) is 0 Å². The third-order valence-electron chi connectivity index (χ3n) is 7.16. The zero-order valence-corrected chi connectivity index (χ0v) is 16.8. The summed E-state index contributed by atoms with van der Waals surface area (Å²) >= 11 is 0. The van der Waals surface area contributed by atoms with E-state index in [9.17, 15) is 39.6 Å². The van der Waals surface area contributed by atoms with Crippen molar-refractivity contribution >= 4 is 23.9 Å². The van der Waals surface area contributed by atoms with Gasteiger partial charge in [0.25, 0.3) is 0 Å². The molecule has 8 heteroatoms. The first-order valence-electron chi connectivity index (χ1n) is 10.3. The van der Waals surface area contributed by atoms with Gasteiger partial charge in [0, 0.05) is 0 Å². The van der Waals surface area contributed by atoms with Gasteiger partial charge in [-0.25, -0.2) is 0 Å². The van der Waals surface area contributed by atoms with Crippen LogP contribution in [0.15, 0.2) is 60.7 Å². The number of rotatable bonds is 6. The van der Waals surface area contributed by atoms with Crippen LogP contribution in [0.5, 0.6) is 0 Å². The molecule has 0 amide bonds. The van der Waals surface area contributed by atoms with Crippen LogP contribution in [-0.4, -0.2) is 44.3 Å². The lowest BCUT2D eigenvalue weighted by atomic mass is 9.41. The lowest BCUT2D eigenvalue weighted by Gasteiger charge is -2.59. The Hall–Kier alpha value is -3.68. The highest BCUT2D eigenvalue weighted by molar-refractivity contribution is 5.88. The molecular weight excluding hydrogens is 416 g/mol. The van der Waals surface area contributed by atoms with Crippen LogP contribution in [0.3, 0.4) is 0 Å². The normalized spacial score (nSPS) is 33.4. The van der Waals surface area contributed by atoms with Gasteiger partial charge in [-0.1, -0.05) is 60.7 Å². The molecule has 0 aliphatic heterocycles. The van der Waals surface area contributed by atoms with E-state index in [4.69, 9.17) is 0 Å². The molecule has 0 spiro atoms. The van der Waals surface area contributed by atoms with Crippen LogP contribution in [0, 0.1) is 35.5 Å².